The van der Waals surface area contributed by atoms with Gasteiger partial charge < -0.3 is 10.9 Å². The first-order chi connectivity index (χ1) is 12.1. The van der Waals surface area contributed by atoms with Crippen LogP contribution in [0.5, 0.6) is 0 Å². The lowest BCUT2D eigenvalue weighted by Crippen LogP contribution is -2.53. The van der Waals surface area contributed by atoms with Crippen molar-refractivity contribution in [1.29, 1.82) is 0 Å². The number of rotatable bonds is 6. The van der Waals surface area contributed by atoms with Crippen LogP contribution in [0.2, 0.25) is 0 Å². The standard InChI is InChI=1S/C16H17F4N5O/c1-10-2-5-14(23-7-10)16(19,20)15(26,8-25(22)9-24-21)12-4-3-11(17)6-13(12)18/h2-7,9,26H,8,21-22H2,1H3/b24-9-/t15-/m1/s1. The zero-order valence-electron chi connectivity index (χ0n) is 13.7. The number of aliphatic hydroxyl groups is 1. The number of hydrazone groups is 1. The average molecular weight is 371 g/mol. The highest BCUT2D eigenvalue weighted by Crippen LogP contribution is 2.45. The molecule has 1 atom stereocenters. The Morgan fingerprint density at radius 2 is 1.96 bits per heavy atom. The number of hydrogen-bond donors (Lipinski definition) is 3. The fraction of sp³-hybridized carbons (Fsp3) is 0.250. The number of aryl methyl sites for hydroxylation is 1. The lowest BCUT2D eigenvalue weighted by atomic mass is 9.84. The molecule has 140 valence electrons. The Morgan fingerprint density at radius 1 is 1.27 bits per heavy atom. The second kappa shape index (κ2) is 7.26. The van der Waals surface area contributed by atoms with Crippen LogP contribution in [0.15, 0.2) is 41.6 Å². The van der Waals surface area contributed by atoms with Gasteiger partial charge in [-0.3, -0.25) is 9.99 Å². The highest BCUT2D eigenvalue weighted by molar-refractivity contribution is 5.53. The van der Waals surface area contributed by atoms with E-state index in [2.05, 4.69) is 10.1 Å². The summed E-state index contributed by atoms with van der Waals surface area (Å²) < 4.78 is 57.8. The molecule has 2 rings (SSSR count). The highest BCUT2D eigenvalue weighted by atomic mass is 19.3. The summed E-state index contributed by atoms with van der Waals surface area (Å²) in [6, 6.07) is 4.22. The van der Waals surface area contributed by atoms with Gasteiger partial charge in [0.05, 0.1) is 6.54 Å². The topological polar surface area (TPSA) is 101 Å². The van der Waals surface area contributed by atoms with Crippen LogP contribution in [0.1, 0.15) is 16.8 Å². The molecule has 26 heavy (non-hydrogen) atoms. The molecule has 0 fully saturated rings. The van der Waals surface area contributed by atoms with Crippen LogP contribution >= 0.6 is 0 Å². The minimum atomic E-state index is -4.08. The Morgan fingerprint density at radius 3 is 2.50 bits per heavy atom. The molecular formula is C16H17F4N5O. The fourth-order valence-electron chi connectivity index (χ4n) is 2.43. The summed E-state index contributed by atoms with van der Waals surface area (Å²) in [5.74, 6) is 3.96. The number of hydrogen-bond acceptors (Lipinski definition) is 5. The van der Waals surface area contributed by atoms with E-state index in [1.54, 1.807) is 6.92 Å². The van der Waals surface area contributed by atoms with Crippen LogP contribution in [0, 0.1) is 18.6 Å². The van der Waals surface area contributed by atoms with E-state index in [0.717, 1.165) is 24.5 Å². The molecule has 0 radical (unpaired) electrons. The summed E-state index contributed by atoms with van der Waals surface area (Å²) in [6.45, 7) is 0.638. The van der Waals surface area contributed by atoms with Crippen molar-refractivity contribution in [3.63, 3.8) is 0 Å². The summed E-state index contributed by atoms with van der Waals surface area (Å²) >= 11 is 0. The number of hydrazine groups is 1. The Bertz CT molecular complexity index is 800. The molecule has 2 aromatic rings. The first kappa shape index (κ1) is 19.6. The molecule has 0 saturated carbocycles. The number of pyridine rings is 1. The predicted octanol–water partition coefficient (Wildman–Crippen LogP) is 1.73. The second-order valence-corrected chi connectivity index (χ2v) is 5.72. The quantitative estimate of drug-likeness (QED) is 0.236. The molecule has 5 N–H and O–H groups in total. The minimum Gasteiger partial charge on any atom is -0.377 e. The molecular weight excluding hydrogens is 354 g/mol. The third-order valence-electron chi connectivity index (χ3n) is 3.76. The van der Waals surface area contributed by atoms with Gasteiger partial charge in [-0.2, -0.15) is 13.9 Å². The molecule has 0 bridgehead atoms. The molecule has 0 aliphatic rings. The molecule has 0 saturated heterocycles. The van der Waals surface area contributed by atoms with Crippen molar-refractivity contribution in [1.82, 2.24) is 9.99 Å². The Hall–Kier alpha value is -2.72. The molecule has 0 aliphatic heterocycles. The van der Waals surface area contributed by atoms with E-state index in [4.69, 9.17) is 11.7 Å². The van der Waals surface area contributed by atoms with Crippen molar-refractivity contribution in [2.24, 2.45) is 16.8 Å². The van der Waals surface area contributed by atoms with Crippen molar-refractivity contribution in [2.45, 2.75) is 18.4 Å². The van der Waals surface area contributed by atoms with Crippen LogP contribution in [0.3, 0.4) is 0 Å². The minimum absolute atomic E-state index is 0.386. The molecule has 1 heterocycles. The summed E-state index contributed by atoms with van der Waals surface area (Å²) in [6.07, 6.45) is 1.94. The third kappa shape index (κ3) is 3.60. The van der Waals surface area contributed by atoms with Crippen LogP contribution in [-0.4, -0.2) is 28.0 Å². The molecule has 1 aromatic carbocycles. The summed E-state index contributed by atoms with van der Waals surface area (Å²) in [5, 5.41) is 14.5. The lowest BCUT2D eigenvalue weighted by Gasteiger charge is -2.37. The molecule has 0 unspecified atom stereocenters. The number of nitrogens with zero attached hydrogens (tertiary/aromatic N) is 3. The molecule has 0 amide bonds. The monoisotopic (exact) mass is 371 g/mol. The van der Waals surface area contributed by atoms with Gasteiger partial charge in [0, 0.05) is 17.8 Å². The molecule has 10 heteroatoms. The SMILES string of the molecule is Cc1ccc(C(F)(F)[C@@](O)(CN(N)/C=N\N)c2ccc(F)cc2F)nc1. The van der Waals surface area contributed by atoms with Crippen molar-refractivity contribution in [3.05, 3.63) is 65.0 Å². The first-order valence-electron chi connectivity index (χ1n) is 7.35. The second-order valence-electron chi connectivity index (χ2n) is 5.72. The maximum absolute atomic E-state index is 15.2. The van der Waals surface area contributed by atoms with Gasteiger partial charge in [0.2, 0.25) is 0 Å². The molecule has 1 aromatic heterocycles. The van der Waals surface area contributed by atoms with Crippen molar-refractivity contribution < 1.29 is 22.7 Å². The van der Waals surface area contributed by atoms with Gasteiger partial charge in [0.25, 0.3) is 0 Å². The summed E-state index contributed by atoms with van der Waals surface area (Å²) in [5.41, 5.74) is -4.25. The first-order valence-corrected chi connectivity index (χ1v) is 7.35. The third-order valence-corrected chi connectivity index (χ3v) is 3.76. The normalized spacial score (nSPS) is 14.4. The number of aromatic nitrogens is 1. The van der Waals surface area contributed by atoms with E-state index in [1.165, 1.54) is 12.3 Å². The van der Waals surface area contributed by atoms with Gasteiger partial charge >= 0.3 is 5.92 Å². The Balaban J connectivity index is 2.64. The van der Waals surface area contributed by atoms with E-state index in [9.17, 15) is 13.9 Å². The van der Waals surface area contributed by atoms with Crippen LogP contribution in [-0.2, 0) is 11.5 Å². The number of halogens is 4. The van der Waals surface area contributed by atoms with Crippen molar-refractivity contribution in [3.8, 4) is 0 Å². The van der Waals surface area contributed by atoms with E-state index < -0.39 is 41.0 Å². The van der Waals surface area contributed by atoms with E-state index >= 15 is 8.78 Å². The molecule has 0 spiro atoms. The number of nitrogens with two attached hydrogens (primary N) is 2. The zero-order valence-corrected chi connectivity index (χ0v) is 13.7. The van der Waals surface area contributed by atoms with Crippen LogP contribution in [0.4, 0.5) is 17.6 Å². The Kier molecular flexibility index (Phi) is 5.47. The molecule has 0 aliphatic carbocycles. The van der Waals surface area contributed by atoms with Crippen LogP contribution in [0.25, 0.3) is 0 Å². The van der Waals surface area contributed by atoms with Gasteiger partial charge in [-0.15, -0.1) is 0 Å². The van der Waals surface area contributed by atoms with E-state index in [1.807, 2.05) is 0 Å². The lowest BCUT2D eigenvalue weighted by molar-refractivity contribution is -0.203. The summed E-state index contributed by atoms with van der Waals surface area (Å²) in [7, 11) is 0. The van der Waals surface area contributed by atoms with Gasteiger partial charge in [0.1, 0.15) is 23.7 Å². The van der Waals surface area contributed by atoms with Gasteiger partial charge in [-0.25, -0.2) is 14.6 Å². The number of benzene rings is 1. The maximum Gasteiger partial charge on any atom is 0.323 e. The van der Waals surface area contributed by atoms with Crippen LogP contribution < -0.4 is 11.7 Å². The van der Waals surface area contributed by atoms with Crippen molar-refractivity contribution >= 4 is 6.34 Å². The average Bonchev–Trinajstić information content (AvgIpc) is 2.55. The van der Waals surface area contributed by atoms with Gasteiger partial charge in [0.15, 0.2) is 5.60 Å². The smallest absolute Gasteiger partial charge is 0.323 e. The maximum atomic E-state index is 15.2. The Labute approximate surface area is 146 Å². The fourth-order valence-corrected chi connectivity index (χ4v) is 2.43. The predicted molar refractivity (Wildman–Crippen MR) is 86.7 cm³/mol. The van der Waals surface area contributed by atoms with Gasteiger partial charge in [-0.1, -0.05) is 6.07 Å². The number of alkyl halides is 2. The van der Waals surface area contributed by atoms with E-state index in [0.29, 0.717) is 16.6 Å². The van der Waals surface area contributed by atoms with Gasteiger partial charge in [-0.05, 0) is 30.7 Å². The van der Waals surface area contributed by atoms with E-state index in [-0.39, 0.29) is 0 Å². The summed E-state index contributed by atoms with van der Waals surface area (Å²) in [4.78, 5) is 3.62. The largest absolute Gasteiger partial charge is 0.377 e. The highest BCUT2D eigenvalue weighted by Gasteiger charge is 2.58. The molecule has 6 nitrogen and oxygen atoms in total. The van der Waals surface area contributed by atoms with Crippen molar-refractivity contribution in [2.75, 3.05) is 6.54 Å². The zero-order chi connectivity index (χ0) is 19.5.